The molecule has 9 heteroatoms. The minimum absolute atomic E-state index is 0.157. The van der Waals surface area contributed by atoms with Gasteiger partial charge in [0.25, 0.3) is 0 Å². The molecule has 0 fully saturated rings. The molecule has 110 valence electrons. The Labute approximate surface area is 124 Å². The van der Waals surface area contributed by atoms with E-state index in [0.717, 1.165) is 16.6 Å². The van der Waals surface area contributed by atoms with Crippen LogP contribution in [0.25, 0.3) is 0 Å². The van der Waals surface area contributed by atoms with Crippen molar-refractivity contribution in [2.45, 2.75) is 19.5 Å². The fraction of sp³-hybridized carbons (Fsp3) is 0.250. The molecule has 1 aromatic heterocycles. The van der Waals surface area contributed by atoms with E-state index >= 15 is 0 Å². The molecule has 1 atom stereocenters. The van der Waals surface area contributed by atoms with Gasteiger partial charge in [-0.2, -0.15) is 4.68 Å². The summed E-state index contributed by atoms with van der Waals surface area (Å²) in [4.78, 5) is 25.1. The molecule has 2 aromatic rings. The smallest absolute Gasteiger partial charge is 0.390 e. The highest BCUT2D eigenvalue weighted by Crippen LogP contribution is 2.21. The third-order valence-electron chi connectivity index (χ3n) is 2.74. The van der Waals surface area contributed by atoms with E-state index in [1.807, 2.05) is 12.1 Å². The van der Waals surface area contributed by atoms with Crippen molar-refractivity contribution in [2.24, 2.45) is 0 Å². The maximum Gasteiger partial charge on any atom is 0.490 e. The average molecular weight is 310 g/mol. The van der Waals surface area contributed by atoms with E-state index in [-0.39, 0.29) is 18.5 Å². The van der Waals surface area contributed by atoms with Gasteiger partial charge < -0.3 is 15.4 Å². The van der Waals surface area contributed by atoms with Crippen LogP contribution < -0.4 is 5.32 Å². The summed E-state index contributed by atoms with van der Waals surface area (Å²) in [7, 11) is 0. The monoisotopic (exact) mass is 309 g/mol. The van der Waals surface area contributed by atoms with Crippen LogP contribution in [0, 0.1) is 10.1 Å². The van der Waals surface area contributed by atoms with Gasteiger partial charge >= 0.3 is 5.95 Å². The van der Waals surface area contributed by atoms with Crippen molar-refractivity contribution in [1.29, 1.82) is 0 Å². The molecule has 1 heterocycles. The number of nitrogens with zero attached hydrogens (tertiary/aromatic N) is 4. The molecule has 0 saturated carbocycles. The third kappa shape index (κ3) is 3.76. The van der Waals surface area contributed by atoms with Crippen molar-refractivity contribution < 1.29 is 9.72 Å². The Morgan fingerprint density at radius 1 is 1.52 bits per heavy atom. The lowest BCUT2D eigenvalue weighted by Gasteiger charge is -2.15. The van der Waals surface area contributed by atoms with Gasteiger partial charge in [-0.1, -0.05) is 34.8 Å². The molecule has 21 heavy (non-hydrogen) atoms. The molecular weight excluding hydrogens is 298 g/mol. The van der Waals surface area contributed by atoms with E-state index in [4.69, 9.17) is 11.6 Å². The second-order valence-electron chi connectivity index (χ2n) is 4.31. The van der Waals surface area contributed by atoms with Crippen LogP contribution in [0.4, 0.5) is 5.95 Å². The van der Waals surface area contributed by atoms with Crippen LogP contribution in [0.2, 0.25) is 5.02 Å². The van der Waals surface area contributed by atoms with Crippen molar-refractivity contribution in [3.05, 3.63) is 51.3 Å². The number of nitro groups is 1. The van der Waals surface area contributed by atoms with Gasteiger partial charge in [0.1, 0.15) is 6.54 Å². The Morgan fingerprint density at radius 2 is 2.24 bits per heavy atom. The lowest BCUT2D eigenvalue weighted by Crippen LogP contribution is -2.30. The number of carbonyl (C=O) groups excluding carboxylic acids is 1. The summed E-state index contributed by atoms with van der Waals surface area (Å²) in [6, 6.07) is 6.89. The summed E-state index contributed by atoms with van der Waals surface area (Å²) >= 11 is 6.05. The maximum atomic E-state index is 11.9. The predicted octanol–water partition coefficient (Wildman–Crippen LogP) is 1.72. The Balaban J connectivity index is 1.98. The summed E-state index contributed by atoms with van der Waals surface area (Å²) in [5, 5.41) is 17.3. The standard InChI is InChI=1S/C12H12ClN5O3/c1-8(9-4-2-3-5-10(9)13)15-11(19)6-17-7-14-12(16-17)18(20)21/h2-5,7-8H,6H2,1H3,(H,15,19)/t8-/m0/s1. The van der Waals surface area contributed by atoms with E-state index in [0.29, 0.717) is 5.02 Å². The number of carbonyl (C=O) groups is 1. The first-order chi connectivity index (χ1) is 9.97. The summed E-state index contributed by atoms with van der Waals surface area (Å²) in [5.41, 5.74) is 0.789. The van der Waals surface area contributed by atoms with Crippen LogP contribution in [0.3, 0.4) is 0 Å². The zero-order valence-corrected chi connectivity index (χ0v) is 11.8. The van der Waals surface area contributed by atoms with E-state index in [1.54, 1.807) is 19.1 Å². The molecule has 0 saturated heterocycles. The molecule has 1 aromatic carbocycles. The van der Waals surface area contributed by atoms with Crippen molar-refractivity contribution in [3.63, 3.8) is 0 Å². The third-order valence-corrected chi connectivity index (χ3v) is 3.09. The van der Waals surface area contributed by atoms with Crippen LogP contribution >= 0.6 is 11.6 Å². The first kappa shape index (κ1) is 14.9. The molecule has 0 aliphatic heterocycles. The fourth-order valence-corrected chi connectivity index (χ4v) is 2.08. The highest BCUT2D eigenvalue weighted by Gasteiger charge is 2.17. The molecule has 1 N–H and O–H groups in total. The van der Waals surface area contributed by atoms with E-state index in [9.17, 15) is 14.9 Å². The second-order valence-corrected chi connectivity index (χ2v) is 4.72. The largest absolute Gasteiger partial charge is 0.490 e. The molecular formula is C12H12ClN5O3. The van der Waals surface area contributed by atoms with Crippen molar-refractivity contribution >= 4 is 23.5 Å². The average Bonchev–Trinajstić information content (AvgIpc) is 2.87. The Morgan fingerprint density at radius 3 is 2.86 bits per heavy atom. The summed E-state index contributed by atoms with van der Waals surface area (Å²) in [6.45, 7) is 1.64. The maximum absolute atomic E-state index is 11.9. The first-order valence-corrected chi connectivity index (χ1v) is 6.43. The molecule has 0 aliphatic rings. The SMILES string of the molecule is C[C@H](NC(=O)Cn1cnc([N+](=O)[O-])n1)c1ccccc1Cl. The number of nitrogens with one attached hydrogen (secondary N) is 1. The lowest BCUT2D eigenvalue weighted by atomic mass is 10.1. The van der Waals surface area contributed by atoms with Crippen molar-refractivity contribution in [2.75, 3.05) is 0 Å². The molecule has 2 rings (SSSR count). The molecule has 1 amide bonds. The molecule has 0 spiro atoms. The molecule has 0 radical (unpaired) electrons. The number of hydrogen-bond donors (Lipinski definition) is 1. The van der Waals surface area contributed by atoms with Crippen LogP contribution in [0.1, 0.15) is 18.5 Å². The Bertz CT molecular complexity index is 672. The second kappa shape index (κ2) is 6.31. The number of benzene rings is 1. The number of halogens is 1. The van der Waals surface area contributed by atoms with Crippen LogP contribution in [-0.4, -0.2) is 25.6 Å². The predicted molar refractivity (Wildman–Crippen MR) is 74.7 cm³/mol. The van der Waals surface area contributed by atoms with Gasteiger partial charge in [0.2, 0.25) is 12.2 Å². The lowest BCUT2D eigenvalue weighted by molar-refractivity contribution is -0.394. The van der Waals surface area contributed by atoms with Crippen LogP contribution in [0.15, 0.2) is 30.6 Å². The van der Waals surface area contributed by atoms with Gasteiger partial charge in [-0.05, 0) is 23.5 Å². The molecule has 0 aliphatic carbocycles. The molecule has 0 unspecified atom stereocenters. The van der Waals surface area contributed by atoms with Gasteiger partial charge in [-0.15, -0.1) is 0 Å². The summed E-state index contributed by atoms with van der Waals surface area (Å²) < 4.78 is 1.10. The van der Waals surface area contributed by atoms with Crippen LogP contribution in [0.5, 0.6) is 0 Å². The van der Waals surface area contributed by atoms with Crippen molar-refractivity contribution in [3.8, 4) is 0 Å². The topological polar surface area (TPSA) is 103 Å². The number of hydrogen-bond acceptors (Lipinski definition) is 5. The van der Waals surface area contributed by atoms with Gasteiger partial charge in [0.15, 0.2) is 0 Å². The Kier molecular flexibility index (Phi) is 4.49. The van der Waals surface area contributed by atoms with Crippen LogP contribution in [-0.2, 0) is 11.3 Å². The van der Waals surface area contributed by atoms with Gasteiger partial charge in [-0.25, -0.2) is 0 Å². The summed E-state index contributed by atoms with van der Waals surface area (Å²) in [6.07, 6.45) is 1.14. The minimum atomic E-state index is -0.721. The highest BCUT2D eigenvalue weighted by atomic mass is 35.5. The first-order valence-electron chi connectivity index (χ1n) is 6.05. The quantitative estimate of drug-likeness (QED) is 0.669. The van der Waals surface area contributed by atoms with Gasteiger partial charge in [0, 0.05) is 10.1 Å². The zero-order valence-electron chi connectivity index (χ0n) is 11.1. The minimum Gasteiger partial charge on any atom is -0.390 e. The highest BCUT2D eigenvalue weighted by molar-refractivity contribution is 6.31. The van der Waals surface area contributed by atoms with Crippen molar-refractivity contribution in [1.82, 2.24) is 20.1 Å². The van der Waals surface area contributed by atoms with E-state index < -0.39 is 10.9 Å². The molecule has 8 nitrogen and oxygen atoms in total. The normalized spacial score (nSPS) is 11.9. The Hall–Kier alpha value is -2.48. The zero-order chi connectivity index (χ0) is 15.4. The molecule has 0 bridgehead atoms. The number of aromatic nitrogens is 3. The van der Waals surface area contributed by atoms with Gasteiger partial charge in [-0.3, -0.25) is 4.79 Å². The summed E-state index contributed by atoms with van der Waals surface area (Å²) in [5.74, 6) is -0.885. The number of rotatable bonds is 5. The van der Waals surface area contributed by atoms with E-state index in [1.165, 1.54) is 0 Å². The fourth-order valence-electron chi connectivity index (χ4n) is 1.78. The number of amides is 1. The van der Waals surface area contributed by atoms with E-state index in [2.05, 4.69) is 15.4 Å². The van der Waals surface area contributed by atoms with Gasteiger partial charge in [0.05, 0.1) is 6.04 Å².